The second-order valence-electron chi connectivity index (χ2n) is 5.88. The van der Waals surface area contributed by atoms with E-state index in [0.29, 0.717) is 0 Å². The molecular formula is C17H26N4. The Morgan fingerprint density at radius 3 is 2.33 bits per heavy atom. The van der Waals surface area contributed by atoms with Crippen molar-refractivity contribution >= 4 is 0 Å². The predicted octanol–water partition coefficient (Wildman–Crippen LogP) is 2.39. The summed E-state index contributed by atoms with van der Waals surface area (Å²) in [6.45, 7) is 6.92. The average Bonchev–Trinajstić information content (AvgIpc) is 2.66. The minimum Gasteiger partial charge on any atom is -0.308 e. The number of aromatic nitrogens is 2. The second kappa shape index (κ2) is 6.87. The molecule has 2 aromatic rings. The molecule has 0 spiro atoms. The van der Waals surface area contributed by atoms with E-state index in [2.05, 4.69) is 67.5 Å². The molecule has 1 aromatic heterocycles. The van der Waals surface area contributed by atoms with Crippen LogP contribution in [-0.2, 0) is 26.7 Å². The first-order valence-corrected chi connectivity index (χ1v) is 7.40. The normalized spacial score (nSPS) is 11.3. The summed E-state index contributed by atoms with van der Waals surface area (Å²) in [6, 6.07) is 8.63. The van der Waals surface area contributed by atoms with Gasteiger partial charge in [0, 0.05) is 37.9 Å². The van der Waals surface area contributed by atoms with Crippen molar-refractivity contribution in [3.63, 3.8) is 0 Å². The Kier molecular flexibility index (Phi) is 5.15. The van der Waals surface area contributed by atoms with Crippen LogP contribution in [0.25, 0.3) is 0 Å². The third kappa shape index (κ3) is 3.93. The van der Waals surface area contributed by atoms with E-state index in [0.717, 1.165) is 25.3 Å². The minimum atomic E-state index is 0.863. The quantitative estimate of drug-likeness (QED) is 0.885. The lowest BCUT2D eigenvalue weighted by Crippen LogP contribution is -2.17. The first-order valence-electron chi connectivity index (χ1n) is 7.40. The van der Waals surface area contributed by atoms with Crippen LogP contribution in [0.4, 0.5) is 0 Å². The van der Waals surface area contributed by atoms with Crippen molar-refractivity contribution in [1.82, 2.24) is 20.0 Å². The number of aryl methyl sites for hydroxylation is 2. The van der Waals surface area contributed by atoms with Crippen molar-refractivity contribution < 1.29 is 0 Å². The van der Waals surface area contributed by atoms with E-state index in [-0.39, 0.29) is 0 Å². The molecule has 0 aliphatic rings. The van der Waals surface area contributed by atoms with Crippen molar-refractivity contribution in [3.05, 3.63) is 52.3 Å². The minimum absolute atomic E-state index is 0.863. The van der Waals surface area contributed by atoms with Crippen LogP contribution in [0.1, 0.15) is 28.1 Å². The highest BCUT2D eigenvalue weighted by Crippen LogP contribution is 2.13. The smallest absolute Gasteiger partial charge is 0.0641 e. The summed E-state index contributed by atoms with van der Waals surface area (Å²) in [6.07, 6.45) is 0. The number of nitrogens with zero attached hydrogens (tertiary/aromatic N) is 3. The molecule has 0 aliphatic heterocycles. The van der Waals surface area contributed by atoms with E-state index in [1.54, 1.807) is 0 Å². The summed E-state index contributed by atoms with van der Waals surface area (Å²) in [7, 11) is 6.21. The number of benzene rings is 1. The summed E-state index contributed by atoms with van der Waals surface area (Å²) in [5, 5.41) is 8.02. The van der Waals surface area contributed by atoms with E-state index < -0.39 is 0 Å². The summed E-state index contributed by atoms with van der Waals surface area (Å²) in [4.78, 5) is 2.20. The van der Waals surface area contributed by atoms with E-state index in [1.165, 1.54) is 22.4 Å². The van der Waals surface area contributed by atoms with Gasteiger partial charge in [-0.2, -0.15) is 5.10 Å². The highest BCUT2D eigenvalue weighted by molar-refractivity contribution is 5.28. The summed E-state index contributed by atoms with van der Waals surface area (Å²) < 4.78 is 1.95. The molecule has 1 aromatic carbocycles. The van der Waals surface area contributed by atoms with Crippen LogP contribution < -0.4 is 5.32 Å². The highest BCUT2D eigenvalue weighted by atomic mass is 15.3. The molecule has 1 heterocycles. The van der Waals surface area contributed by atoms with Gasteiger partial charge in [0.1, 0.15) is 0 Å². The lowest BCUT2D eigenvalue weighted by atomic mass is 10.1. The maximum atomic E-state index is 4.46. The van der Waals surface area contributed by atoms with Crippen molar-refractivity contribution in [2.24, 2.45) is 7.05 Å². The lowest BCUT2D eigenvalue weighted by molar-refractivity contribution is 0.400. The largest absolute Gasteiger partial charge is 0.308 e. The Bertz CT molecular complexity index is 599. The SMILES string of the molecule is Cc1nn(C)c(C)c1CNCc1ccccc1CN(C)C. The maximum Gasteiger partial charge on any atom is 0.0641 e. The Morgan fingerprint density at radius 1 is 1.10 bits per heavy atom. The standard InChI is InChI=1S/C17H26N4/c1-13-17(14(2)21(5)19-13)11-18-10-15-8-6-7-9-16(15)12-20(3)4/h6-9,18H,10-12H2,1-5H3. The molecule has 4 heteroatoms. The molecule has 0 saturated carbocycles. The van der Waals surface area contributed by atoms with Gasteiger partial charge in [-0.1, -0.05) is 24.3 Å². The van der Waals surface area contributed by atoms with Gasteiger partial charge in [0.2, 0.25) is 0 Å². The van der Waals surface area contributed by atoms with Crippen molar-refractivity contribution in [2.75, 3.05) is 14.1 Å². The fourth-order valence-corrected chi connectivity index (χ4v) is 2.62. The number of hydrogen-bond donors (Lipinski definition) is 1. The van der Waals surface area contributed by atoms with E-state index in [9.17, 15) is 0 Å². The predicted molar refractivity (Wildman–Crippen MR) is 87.1 cm³/mol. The van der Waals surface area contributed by atoms with Crippen LogP contribution in [0, 0.1) is 13.8 Å². The number of hydrogen-bond acceptors (Lipinski definition) is 3. The van der Waals surface area contributed by atoms with Gasteiger partial charge < -0.3 is 10.2 Å². The Hall–Kier alpha value is -1.65. The Labute approximate surface area is 127 Å². The van der Waals surface area contributed by atoms with Gasteiger partial charge in [0.15, 0.2) is 0 Å². The monoisotopic (exact) mass is 286 g/mol. The average molecular weight is 286 g/mol. The van der Waals surface area contributed by atoms with Crippen LogP contribution in [0.3, 0.4) is 0 Å². The molecule has 0 atom stereocenters. The van der Waals surface area contributed by atoms with Gasteiger partial charge in [-0.05, 0) is 39.1 Å². The zero-order valence-corrected chi connectivity index (χ0v) is 13.8. The molecule has 0 aliphatic carbocycles. The molecule has 1 N–H and O–H groups in total. The van der Waals surface area contributed by atoms with Gasteiger partial charge in [0.05, 0.1) is 5.69 Å². The van der Waals surface area contributed by atoms with Gasteiger partial charge in [0.25, 0.3) is 0 Å². The van der Waals surface area contributed by atoms with Gasteiger partial charge >= 0.3 is 0 Å². The van der Waals surface area contributed by atoms with Gasteiger partial charge in [-0.3, -0.25) is 4.68 Å². The summed E-state index contributed by atoms with van der Waals surface area (Å²) in [5.74, 6) is 0. The van der Waals surface area contributed by atoms with E-state index in [1.807, 2.05) is 11.7 Å². The summed E-state index contributed by atoms with van der Waals surface area (Å²) >= 11 is 0. The van der Waals surface area contributed by atoms with Crippen LogP contribution in [0.15, 0.2) is 24.3 Å². The Balaban J connectivity index is 2.00. The Morgan fingerprint density at radius 2 is 1.76 bits per heavy atom. The second-order valence-corrected chi connectivity index (χ2v) is 5.88. The molecule has 0 unspecified atom stereocenters. The molecule has 0 amide bonds. The summed E-state index contributed by atoms with van der Waals surface area (Å²) in [5.41, 5.74) is 6.41. The lowest BCUT2D eigenvalue weighted by Gasteiger charge is -2.14. The first-order chi connectivity index (χ1) is 9.99. The van der Waals surface area contributed by atoms with Crippen molar-refractivity contribution in [1.29, 1.82) is 0 Å². The third-order valence-electron chi connectivity index (χ3n) is 3.88. The van der Waals surface area contributed by atoms with Crippen LogP contribution >= 0.6 is 0 Å². The topological polar surface area (TPSA) is 33.1 Å². The maximum absolute atomic E-state index is 4.46. The number of nitrogens with one attached hydrogen (secondary N) is 1. The highest BCUT2D eigenvalue weighted by Gasteiger charge is 2.09. The number of rotatable bonds is 6. The van der Waals surface area contributed by atoms with Gasteiger partial charge in [-0.25, -0.2) is 0 Å². The fourth-order valence-electron chi connectivity index (χ4n) is 2.62. The molecule has 4 nitrogen and oxygen atoms in total. The molecule has 0 bridgehead atoms. The van der Waals surface area contributed by atoms with Crippen LogP contribution in [-0.4, -0.2) is 28.8 Å². The molecule has 114 valence electrons. The van der Waals surface area contributed by atoms with Crippen molar-refractivity contribution in [3.8, 4) is 0 Å². The van der Waals surface area contributed by atoms with Crippen LogP contribution in [0.2, 0.25) is 0 Å². The molecule has 0 fully saturated rings. The molecular weight excluding hydrogens is 260 g/mol. The zero-order valence-electron chi connectivity index (χ0n) is 13.8. The molecule has 21 heavy (non-hydrogen) atoms. The first kappa shape index (κ1) is 15.7. The molecule has 2 rings (SSSR count). The molecule has 0 saturated heterocycles. The van der Waals surface area contributed by atoms with Crippen molar-refractivity contribution in [2.45, 2.75) is 33.5 Å². The molecule has 0 radical (unpaired) electrons. The zero-order chi connectivity index (χ0) is 15.4. The fraction of sp³-hybridized carbons (Fsp3) is 0.471. The third-order valence-corrected chi connectivity index (χ3v) is 3.88. The van der Waals surface area contributed by atoms with E-state index in [4.69, 9.17) is 0 Å². The van der Waals surface area contributed by atoms with E-state index >= 15 is 0 Å². The van der Waals surface area contributed by atoms with Crippen LogP contribution in [0.5, 0.6) is 0 Å². The van der Waals surface area contributed by atoms with Gasteiger partial charge in [-0.15, -0.1) is 0 Å².